The van der Waals surface area contributed by atoms with Gasteiger partial charge in [-0.3, -0.25) is 0 Å². The fourth-order valence-corrected chi connectivity index (χ4v) is 1.18. The van der Waals surface area contributed by atoms with Crippen molar-refractivity contribution in [2.45, 2.75) is 6.42 Å². The average Bonchev–Trinajstić information content (AvgIpc) is 2.14. The van der Waals surface area contributed by atoms with E-state index >= 15 is 0 Å². The molecule has 7 heavy (non-hydrogen) atoms. The molecule has 0 radical (unpaired) electrons. The van der Waals surface area contributed by atoms with Crippen LogP contribution in [-0.2, 0) is 19.4 Å². The van der Waals surface area contributed by atoms with Gasteiger partial charge in [-0.25, -0.2) is 0 Å². The van der Waals surface area contributed by atoms with Crippen molar-refractivity contribution in [2.75, 3.05) is 0 Å². The first kappa shape index (κ1) is 5.18. The summed E-state index contributed by atoms with van der Waals surface area (Å²) >= 11 is 1.55. The van der Waals surface area contributed by atoms with Crippen molar-refractivity contribution in [1.82, 2.24) is 0 Å². The molecule has 0 aromatic rings. The maximum atomic E-state index is 2.22. The van der Waals surface area contributed by atoms with Gasteiger partial charge in [-0.15, -0.1) is 0 Å². The fourth-order valence-electron chi connectivity index (χ4n) is 0.551. The van der Waals surface area contributed by atoms with Gasteiger partial charge in [-0.1, -0.05) is 0 Å². The van der Waals surface area contributed by atoms with E-state index < -0.39 is 0 Å². The third-order valence-electron chi connectivity index (χ3n) is 0.951. The van der Waals surface area contributed by atoms with Crippen molar-refractivity contribution in [3.63, 3.8) is 0 Å². The second-order valence-electron chi connectivity index (χ2n) is 1.49. The SMILES string of the molecule is [W]=[CH]C1=CC=CC1. The van der Waals surface area contributed by atoms with Gasteiger partial charge in [0.15, 0.2) is 0 Å². The van der Waals surface area contributed by atoms with Gasteiger partial charge >= 0.3 is 54.0 Å². The van der Waals surface area contributed by atoms with Crippen LogP contribution in [0.15, 0.2) is 23.8 Å². The van der Waals surface area contributed by atoms with Crippen LogP contribution in [-0.4, -0.2) is 4.40 Å². The molecular weight excluding hydrogens is 256 g/mol. The van der Waals surface area contributed by atoms with Crippen LogP contribution < -0.4 is 0 Å². The van der Waals surface area contributed by atoms with Gasteiger partial charge in [0, 0.05) is 0 Å². The van der Waals surface area contributed by atoms with E-state index in [0.29, 0.717) is 0 Å². The summed E-state index contributed by atoms with van der Waals surface area (Å²) in [6, 6.07) is 0. The molecule has 0 nitrogen and oxygen atoms in total. The Hall–Kier alpha value is 0.0383. The Kier molecular flexibility index (Phi) is 1.76. The quantitative estimate of drug-likeness (QED) is 0.666. The van der Waals surface area contributed by atoms with E-state index in [4.69, 9.17) is 0 Å². The van der Waals surface area contributed by atoms with Gasteiger partial charge in [0.1, 0.15) is 0 Å². The Balaban J connectivity index is 2.61. The molecule has 0 fully saturated rings. The third-order valence-corrected chi connectivity index (χ3v) is 2.04. The number of rotatable bonds is 1. The van der Waals surface area contributed by atoms with Gasteiger partial charge in [-0.05, 0) is 0 Å². The van der Waals surface area contributed by atoms with E-state index in [2.05, 4.69) is 22.6 Å². The zero-order valence-corrected chi connectivity index (χ0v) is 6.86. The van der Waals surface area contributed by atoms with Crippen LogP contribution in [0.25, 0.3) is 0 Å². The summed E-state index contributed by atoms with van der Waals surface area (Å²) in [5.41, 5.74) is 1.47. The minimum absolute atomic E-state index is 1.16. The van der Waals surface area contributed by atoms with Gasteiger partial charge in [0.25, 0.3) is 0 Å². The Morgan fingerprint density at radius 1 is 1.71 bits per heavy atom. The topological polar surface area (TPSA) is 0 Å². The summed E-state index contributed by atoms with van der Waals surface area (Å²) < 4.78 is 2.22. The van der Waals surface area contributed by atoms with Crippen molar-refractivity contribution >= 4 is 4.40 Å². The first-order valence-corrected chi connectivity index (χ1v) is 3.94. The molecule has 0 heterocycles. The summed E-state index contributed by atoms with van der Waals surface area (Å²) in [7, 11) is 0. The Morgan fingerprint density at radius 3 is 2.86 bits per heavy atom. The monoisotopic (exact) mass is 262 g/mol. The van der Waals surface area contributed by atoms with E-state index in [1.165, 1.54) is 5.57 Å². The summed E-state index contributed by atoms with van der Waals surface area (Å²) in [6.07, 6.45) is 7.60. The number of allylic oxidation sites excluding steroid dienone is 4. The molecule has 0 spiro atoms. The molecule has 0 aromatic carbocycles. The van der Waals surface area contributed by atoms with Gasteiger partial charge in [-0.2, -0.15) is 0 Å². The predicted molar refractivity (Wildman–Crippen MR) is 27.9 cm³/mol. The molecule has 0 atom stereocenters. The normalized spacial score (nSPS) is 16.9. The molecule has 0 aliphatic heterocycles. The van der Waals surface area contributed by atoms with E-state index in [0.717, 1.165) is 6.42 Å². The summed E-state index contributed by atoms with van der Waals surface area (Å²) in [5.74, 6) is 0. The Labute approximate surface area is 54.3 Å². The van der Waals surface area contributed by atoms with Crippen LogP contribution in [0.4, 0.5) is 0 Å². The molecular formula is C6H6W. The van der Waals surface area contributed by atoms with Crippen LogP contribution in [0.5, 0.6) is 0 Å². The Bertz CT molecular complexity index is 131. The van der Waals surface area contributed by atoms with Crippen molar-refractivity contribution in [3.05, 3.63) is 23.8 Å². The minimum atomic E-state index is 1.16. The summed E-state index contributed by atoms with van der Waals surface area (Å²) in [5, 5.41) is 0. The van der Waals surface area contributed by atoms with Crippen molar-refractivity contribution in [1.29, 1.82) is 0 Å². The fraction of sp³-hybridized carbons (Fsp3) is 0.167. The van der Waals surface area contributed by atoms with E-state index in [1.54, 1.807) is 19.4 Å². The standard InChI is InChI=1S/C6H6.W/c1-6-4-2-3-5-6;/h1-4H,5H2;. The molecule has 1 heteroatoms. The van der Waals surface area contributed by atoms with Gasteiger partial charge < -0.3 is 0 Å². The summed E-state index contributed by atoms with van der Waals surface area (Å²) in [4.78, 5) is 0. The van der Waals surface area contributed by atoms with E-state index in [9.17, 15) is 0 Å². The first-order chi connectivity index (χ1) is 3.43. The van der Waals surface area contributed by atoms with Crippen molar-refractivity contribution in [3.8, 4) is 0 Å². The number of hydrogen-bond acceptors (Lipinski definition) is 0. The second kappa shape index (κ2) is 2.37. The molecule has 1 rings (SSSR count). The third kappa shape index (κ3) is 1.21. The van der Waals surface area contributed by atoms with E-state index in [1.807, 2.05) is 0 Å². The van der Waals surface area contributed by atoms with Crippen molar-refractivity contribution in [2.24, 2.45) is 0 Å². The molecule has 36 valence electrons. The molecule has 1 aliphatic carbocycles. The summed E-state index contributed by atoms with van der Waals surface area (Å²) in [6.45, 7) is 0. The molecule has 0 aromatic heterocycles. The zero-order valence-electron chi connectivity index (χ0n) is 3.92. The predicted octanol–water partition coefficient (Wildman–Crippen LogP) is 1.22. The maximum absolute atomic E-state index is 2.22. The van der Waals surface area contributed by atoms with Crippen LogP contribution in [0.2, 0.25) is 0 Å². The zero-order chi connectivity index (χ0) is 5.11. The van der Waals surface area contributed by atoms with Crippen molar-refractivity contribution < 1.29 is 19.4 Å². The average molecular weight is 262 g/mol. The molecule has 0 unspecified atom stereocenters. The Morgan fingerprint density at radius 2 is 2.57 bits per heavy atom. The van der Waals surface area contributed by atoms with Crippen LogP contribution in [0.3, 0.4) is 0 Å². The van der Waals surface area contributed by atoms with Crippen LogP contribution >= 0.6 is 0 Å². The molecule has 0 bridgehead atoms. The molecule has 0 amide bonds. The molecule has 0 saturated carbocycles. The van der Waals surface area contributed by atoms with E-state index in [-0.39, 0.29) is 0 Å². The van der Waals surface area contributed by atoms with Crippen LogP contribution in [0, 0.1) is 0 Å². The van der Waals surface area contributed by atoms with Gasteiger partial charge in [0.2, 0.25) is 0 Å². The van der Waals surface area contributed by atoms with Gasteiger partial charge in [0.05, 0.1) is 0 Å². The molecule has 0 saturated heterocycles. The second-order valence-corrected chi connectivity index (χ2v) is 2.34. The molecule has 1 aliphatic rings. The number of hydrogen-bond donors (Lipinski definition) is 0. The molecule has 0 N–H and O–H groups in total. The first-order valence-electron chi connectivity index (χ1n) is 2.24. The van der Waals surface area contributed by atoms with Crippen LogP contribution in [0.1, 0.15) is 6.42 Å².